The average Bonchev–Trinajstić information content (AvgIpc) is 2.72. The zero-order chi connectivity index (χ0) is 20.5. The van der Waals surface area contributed by atoms with Crippen LogP contribution in [0.2, 0.25) is 0 Å². The fourth-order valence-electron chi connectivity index (χ4n) is 3.36. The van der Waals surface area contributed by atoms with Gasteiger partial charge in [-0.1, -0.05) is 23.8 Å². The molecule has 7 nitrogen and oxygen atoms in total. The Morgan fingerprint density at radius 3 is 2.62 bits per heavy atom. The van der Waals surface area contributed by atoms with Crippen molar-refractivity contribution in [2.75, 3.05) is 5.43 Å². The Kier molecular flexibility index (Phi) is 4.72. The van der Waals surface area contributed by atoms with Crippen LogP contribution in [0.1, 0.15) is 28.5 Å². The molecule has 0 saturated heterocycles. The number of fused-ring (bicyclic) bond motifs is 2. The van der Waals surface area contributed by atoms with Crippen LogP contribution < -0.4 is 16.4 Å². The highest BCUT2D eigenvalue weighted by Crippen LogP contribution is 2.18. The second kappa shape index (κ2) is 7.35. The number of carbonyl (C=O) groups excluding carboxylic acids is 1. The average molecular weight is 387 g/mol. The number of amides is 1. The molecule has 2 aromatic carbocycles. The summed E-state index contributed by atoms with van der Waals surface area (Å²) >= 11 is 0. The predicted octanol–water partition coefficient (Wildman–Crippen LogP) is 3.34. The van der Waals surface area contributed by atoms with Gasteiger partial charge in [-0.2, -0.15) is 0 Å². The van der Waals surface area contributed by atoms with E-state index >= 15 is 0 Å². The molecular weight excluding hydrogens is 366 g/mol. The second-order valence-corrected chi connectivity index (χ2v) is 6.90. The molecule has 2 N–H and O–H groups in total. The molecule has 0 aliphatic carbocycles. The zero-order valence-corrected chi connectivity index (χ0v) is 16.5. The largest absolute Gasteiger partial charge is 0.277 e. The van der Waals surface area contributed by atoms with Crippen LogP contribution in [0.4, 0.5) is 5.95 Å². The first-order valence-electron chi connectivity index (χ1n) is 9.42. The van der Waals surface area contributed by atoms with Crippen molar-refractivity contribution in [1.29, 1.82) is 0 Å². The summed E-state index contributed by atoms with van der Waals surface area (Å²) in [5.41, 5.74) is 8.89. The third-order valence-electron chi connectivity index (χ3n) is 4.87. The van der Waals surface area contributed by atoms with Crippen molar-refractivity contribution in [3.63, 3.8) is 0 Å². The standard InChI is InChI=1S/C22H21N5O2/c1-4-27-21(29)16-7-5-6-8-19(16)24-22(27)26-25-20(28)17-12-15-11-13(2)9-10-18(15)23-14(17)3/h5-12H,4H2,1-3H3,(H,24,26)(H,25,28). The molecule has 0 unspecified atom stereocenters. The van der Waals surface area contributed by atoms with Crippen LogP contribution in [0.3, 0.4) is 0 Å². The Hall–Kier alpha value is -3.74. The minimum absolute atomic E-state index is 0.158. The van der Waals surface area contributed by atoms with Crippen LogP contribution in [-0.2, 0) is 6.54 Å². The Morgan fingerprint density at radius 2 is 1.83 bits per heavy atom. The van der Waals surface area contributed by atoms with Crippen molar-refractivity contribution in [1.82, 2.24) is 20.0 Å². The summed E-state index contributed by atoms with van der Waals surface area (Å²) in [4.78, 5) is 34.5. The van der Waals surface area contributed by atoms with E-state index in [2.05, 4.69) is 20.8 Å². The quantitative estimate of drug-likeness (QED) is 0.524. The normalized spacial score (nSPS) is 11.0. The highest BCUT2D eigenvalue weighted by molar-refractivity contribution is 5.99. The number of carbonyl (C=O) groups is 1. The van der Waals surface area contributed by atoms with Gasteiger partial charge in [0, 0.05) is 11.9 Å². The first kappa shape index (κ1) is 18.6. The molecule has 1 amide bonds. The fraction of sp³-hybridized carbons (Fsp3) is 0.182. The van der Waals surface area contributed by atoms with E-state index in [0.717, 1.165) is 16.5 Å². The van der Waals surface area contributed by atoms with Crippen molar-refractivity contribution in [2.45, 2.75) is 27.3 Å². The molecule has 0 spiro atoms. The van der Waals surface area contributed by atoms with Crippen LogP contribution in [0, 0.1) is 13.8 Å². The van der Waals surface area contributed by atoms with E-state index < -0.39 is 0 Å². The molecule has 2 heterocycles. The summed E-state index contributed by atoms with van der Waals surface area (Å²) in [7, 11) is 0. The molecule has 0 saturated carbocycles. The van der Waals surface area contributed by atoms with Gasteiger partial charge in [0.25, 0.3) is 11.5 Å². The Bertz CT molecular complexity index is 1310. The third-order valence-corrected chi connectivity index (χ3v) is 4.87. The molecule has 7 heteroatoms. The van der Waals surface area contributed by atoms with E-state index in [0.29, 0.717) is 28.7 Å². The van der Waals surface area contributed by atoms with E-state index in [1.54, 1.807) is 25.1 Å². The number of pyridine rings is 1. The Morgan fingerprint density at radius 1 is 1.03 bits per heavy atom. The number of rotatable bonds is 4. The molecule has 0 bridgehead atoms. The summed E-state index contributed by atoms with van der Waals surface area (Å²) in [5.74, 6) is -0.0599. The maximum absolute atomic E-state index is 12.8. The molecule has 0 aliphatic rings. The zero-order valence-electron chi connectivity index (χ0n) is 16.5. The van der Waals surface area contributed by atoms with Gasteiger partial charge in [-0.05, 0) is 51.1 Å². The van der Waals surface area contributed by atoms with Crippen molar-refractivity contribution in [3.8, 4) is 0 Å². The molecule has 146 valence electrons. The molecule has 29 heavy (non-hydrogen) atoms. The lowest BCUT2D eigenvalue weighted by Crippen LogP contribution is -2.34. The van der Waals surface area contributed by atoms with Gasteiger partial charge in [-0.25, -0.2) is 4.98 Å². The van der Waals surface area contributed by atoms with Gasteiger partial charge in [0.1, 0.15) is 0 Å². The van der Waals surface area contributed by atoms with Crippen LogP contribution in [-0.4, -0.2) is 20.4 Å². The molecule has 0 radical (unpaired) electrons. The van der Waals surface area contributed by atoms with Crippen molar-refractivity contribution >= 4 is 33.7 Å². The van der Waals surface area contributed by atoms with Crippen molar-refractivity contribution in [3.05, 3.63) is 75.7 Å². The van der Waals surface area contributed by atoms with Gasteiger partial charge >= 0.3 is 0 Å². The van der Waals surface area contributed by atoms with Crippen LogP contribution in [0.15, 0.2) is 53.3 Å². The van der Waals surface area contributed by atoms with E-state index in [9.17, 15) is 9.59 Å². The van der Waals surface area contributed by atoms with Gasteiger partial charge in [0.2, 0.25) is 5.95 Å². The van der Waals surface area contributed by atoms with E-state index in [1.807, 2.05) is 44.2 Å². The number of aryl methyl sites for hydroxylation is 2. The monoisotopic (exact) mass is 387 g/mol. The molecule has 4 rings (SSSR count). The maximum atomic E-state index is 12.8. The third kappa shape index (κ3) is 3.42. The van der Waals surface area contributed by atoms with Gasteiger partial charge in [0.05, 0.1) is 27.7 Å². The minimum Gasteiger partial charge on any atom is -0.277 e. The summed E-state index contributed by atoms with van der Waals surface area (Å²) in [6.07, 6.45) is 0. The first-order chi connectivity index (χ1) is 14.0. The lowest BCUT2D eigenvalue weighted by atomic mass is 10.1. The van der Waals surface area contributed by atoms with E-state index in [-0.39, 0.29) is 17.4 Å². The topological polar surface area (TPSA) is 88.9 Å². The van der Waals surface area contributed by atoms with E-state index in [4.69, 9.17) is 0 Å². The number of hydrazine groups is 1. The molecule has 0 atom stereocenters. The van der Waals surface area contributed by atoms with Gasteiger partial charge in [-0.3, -0.25) is 30.0 Å². The molecule has 4 aromatic rings. The van der Waals surface area contributed by atoms with Crippen LogP contribution in [0.5, 0.6) is 0 Å². The number of aromatic nitrogens is 3. The van der Waals surface area contributed by atoms with Crippen molar-refractivity contribution in [2.24, 2.45) is 0 Å². The fourth-order valence-corrected chi connectivity index (χ4v) is 3.36. The predicted molar refractivity (Wildman–Crippen MR) is 114 cm³/mol. The lowest BCUT2D eigenvalue weighted by molar-refractivity contribution is 0.0961. The molecule has 0 aliphatic heterocycles. The highest BCUT2D eigenvalue weighted by Gasteiger charge is 2.14. The van der Waals surface area contributed by atoms with Crippen LogP contribution >= 0.6 is 0 Å². The second-order valence-electron chi connectivity index (χ2n) is 6.90. The molecule has 0 fully saturated rings. The highest BCUT2D eigenvalue weighted by atomic mass is 16.2. The molecule has 2 aromatic heterocycles. The van der Waals surface area contributed by atoms with E-state index in [1.165, 1.54) is 4.57 Å². The SMILES string of the molecule is CCn1c(NNC(=O)c2cc3cc(C)ccc3nc2C)nc2ccccc2c1=O. The molecular formula is C22H21N5O2. The van der Waals surface area contributed by atoms with Gasteiger partial charge < -0.3 is 0 Å². The van der Waals surface area contributed by atoms with Gasteiger partial charge in [-0.15, -0.1) is 0 Å². The summed E-state index contributed by atoms with van der Waals surface area (Å²) in [6, 6.07) is 14.9. The summed E-state index contributed by atoms with van der Waals surface area (Å²) < 4.78 is 1.48. The first-order valence-corrected chi connectivity index (χ1v) is 9.42. The number of benzene rings is 2. The smallest absolute Gasteiger partial charge is 0.271 e. The summed E-state index contributed by atoms with van der Waals surface area (Å²) in [6.45, 7) is 6.07. The van der Waals surface area contributed by atoms with Crippen LogP contribution in [0.25, 0.3) is 21.8 Å². The summed E-state index contributed by atoms with van der Waals surface area (Å²) in [5, 5.41) is 1.44. The maximum Gasteiger partial charge on any atom is 0.271 e. The minimum atomic E-state index is -0.344. The number of para-hydroxylation sites is 1. The Balaban J connectivity index is 1.66. The number of hydrogen-bond acceptors (Lipinski definition) is 5. The lowest BCUT2D eigenvalue weighted by Gasteiger charge is -2.14. The number of hydrogen-bond donors (Lipinski definition) is 2. The number of anilines is 1. The van der Waals surface area contributed by atoms with Gasteiger partial charge in [0.15, 0.2) is 0 Å². The Labute approximate surface area is 167 Å². The van der Waals surface area contributed by atoms with Crippen molar-refractivity contribution < 1.29 is 4.79 Å². The number of nitrogens with one attached hydrogen (secondary N) is 2. The number of nitrogens with zero attached hydrogens (tertiary/aromatic N) is 3.